The fourth-order valence-electron chi connectivity index (χ4n) is 2.49. The fourth-order valence-corrected chi connectivity index (χ4v) is 3.10. The van der Waals surface area contributed by atoms with Crippen LogP contribution in [0.3, 0.4) is 0 Å². The van der Waals surface area contributed by atoms with Gasteiger partial charge in [-0.05, 0) is 44.9 Å². The van der Waals surface area contributed by atoms with Gasteiger partial charge in [-0.25, -0.2) is 0 Å². The molecule has 3 aromatic carbocycles. The molecule has 7 heteroatoms. The molecule has 0 bridgehead atoms. The third-order valence-electron chi connectivity index (χ3n) is 3.69. The van der Waals surface area contributed by atoms with Crippen molar-refractivity contribution in [2.45, 2.75) is 6.18 Å². The molecule has 0 fully saturated rings. The fraction of sp³-hybridized carbons (Fsp3) is 0.105. The second kappa shape index (κ2) is 7.37. The Morgan fingerprint density at radius 2 is 1.69 bits per heavy atom. The zero-order chi connectivity index (χ0) is 18.7. The van der Waals surface area contributed by atoms with Gasteiger partial charge in [0.15, 0.2) is 6.61 Å². The lowest BCUT2D eigenvalue weighted by Crippen LogP contribution is -2.22. The van der Waals surface area contributed by atoms with E-state index in [1.54, 1.807) is 6.07 Å². The lowest BCUT2D eigenvalue weighted by atomic mass is 10.1. The number of rotatable bonds is 4. The molecule has 0 heterocycles. The molecule has 1 amide bonds. The number of anilines is 1. The minimum Gasteiger partial charge on any atom is -0.483 e. The molecule has 0 atom stereocenters. The van der Waals surface area contributed by atoms with Crippen LogP contribution in [0.4, 0.5) is 18.9 Å². The summed E-state index contributed by atoms with van der Waals surface area (Å²) < 4.78 is 45.0. The number of amides is 1. The molecular formula is C19H13BrF3NO2. The summed E-state index contributed by atoms with van der Waals surface area (Å²) in [6, 6.07) is 15.9. The number of halogens is 4. The van der Waals surface area contributed by atoms with E-state index in [2.05, 4.69) is 21.2 Å². The standard InChI is InChI=1S/C19H13BrF3NO2/c20-18-13-6-2-1-5-12(13)9-10-16(18)26-11-17(25)24-15-8-4-3-7-14(15)19(21,22)23/h1-10H,11H2,(H,24,25). The smallest absolute Gasteiger partial charge is 0.418 e. The van der Waals surface area contributed by atoms with Crippen LogP contribution < -0.4 is 10.1 Å². The molecular weight excluding hydrogens is 411 g/mol. The van der Waals surface area contributed by atoms with Crippen LogP contribution in [-0.4, -0.2) is 12.5 Å². The first kappa shape index (κ1) is 18.3. The summed E-state index contributed by atoms with van der Waals surface area (Å²) >= 11 is 3.43. The van der Waals surface area contributed by atoms with Crippen LogP contribution in [0.5, 0.6) is 5.75 Å². The predicted octanol–water partition coefficient (Wildman–Crippen LogP) is 5.64. The number of alkyl halides is 3. The van der Waals surface area contributed by atoms with Gasteiger partial charge in [0.2, 0.25) is 0 Å². The van der Waals surface area contributed by atoms with E-state index in [-0.39, 0.29) is 5.69 Å². The third-order valence-corrected chi connectivity index (χ3v) is 4.51. The van der Waals surface area contributed by atoms with Crippen LogP contribution in [-0.2, 0) is 11.0 Å². The summed E-state index contributed by atoms with van der Waals surface area (Å²) in [5, 5.41) is 4.15. The molecule has 3 nitrogen and oxygen atoms in total. The summed E-state index contributed by atoms with van der Waals surface area (Å²) in [5.41, 5.74) is -1.20. The minimum atomic E-state index is -4.55. The Kier molecular flexibility index (Phi) is 5.18. The highest BCUT2D eigenvalue weighted by molar-refractivity contribution is 9.10. The summed E-state index contributed by atoms with van der Waals surface area (Å²) in [5.74, 6) is -0.246. The van der Waals surface area contributed by atoms with E-state index in [1.165, 1.54) is 18.2 Å². The monoisotopic (exact) mass is 423 g/mol. The Labute approximate surface area is 155 Å². The van der Waals surface area contributed by atoms with Crippen LogP contribution >= 0.6 is 15.9 Å². The van der Waals surface area contributed by atoms with Crippen molar-refractivity contribution in [3.05, 3.63) is 70.7 Å². The van der Waals surface area contributed by atoms with Gasteiger partial charge < -0.3 is 10.1 Å². The maximum atomic E-state index is 13.0. The number of carbonyl (C=O) groups is 1. The van der Waals surface area contributed by atoms with Crippen molar-refractivity contribution in [3.8, 4) is 5.75 Å². The number of benzene rings is 3. The van der Waals surface area contributed by atoms with Crippen molar-refractivity contribution in [1.29, 1.82) is 0 Å². The molecule has 26 heavy (non-hydrogen) atoms. The van der Waals surface area contributed by atoms with E-state index in [0.717, 1.165) is 16.8 Å². The van der Waals surface area contributed by atoms with Gasteiger partial charge in [0, 0.05) is 0 Å². The Morgan fingerprint density at radius 1 is 1.00 bits per heavy atom. The van der Waals surface area contributed by atoms with Gasteiger partial charge in [-0.2, -0.15) is 13.2 Å². The molecule has 0 saturated carbocycles. The Hall–Kier alpha value is -2.54. The van der Waals surface area contributed by atoms with Gasteiger partial charge in [0.05, 0.1) is 15.7 Å². The first-order chi connectivity index (χ1) is 12.4. The SMILES string of the molecule is O=C(COc1ccc2ccccc2c1Br)Nc1ccccc1C(F)(F)F. The molecule has 0 saturated heterocycles. The van der Waals surface area contributed by atoms with Gasteiger partial charge in [0.1, 0.15) is 5.75 Å². The highest BCUT2D eigenvalue weighted by atomic mass is 79.9. The molecule has 1 N–H and O–H groups in total. The van der Waals surface area contributed by atoms with Crippen molar-refractivity contribution < 1.29 is 22.7 Å². The van der Waals surface area contributed by atoms with E-state index in [0.29, 0.717) is 10.2 Å². The molecule has 0 aromatic heterocycles. The number of fused-ring (bicyclic) bond motifs is 1. The van der Waals surface area contributed by atoms with Crippen LogP contribution in [0, 0.1) is 0 Å². The maximum Gasteiger partial charge on any atom is 0.418 e. The highest BCUT2D eigenvalue weighted by Crippen LogP contribution is 2.35. The molecule has 0 spiro atoms. The average molecular weight is 424 g/mol. The number of carbonyl (C=O) groups excluding carboxylic acids is 1. The van der Waals surface area contributed by atoms with Crippen LogP contribution in [0.25, 0.3) is 10.8 Å². The minimum absolute atomic E-state index is 0.300. The van der Waals surface area contributed by atoms with Crippen molar-refractivity contribution >= 4 is 38.3 Å². The second-order valence-electron chi connectivity index (χ2n) is 5.48. The Bertz CT molecular complexity index is 957. The van der Waals surface area contributed by atoms with Crippen LogP contribution in [0.2, 0.25) is 0 Å². The molecule has 0 unspecified atom stereocenters. The molecule has 0 aliphatic rings. The van der Waals surface area contributed by atoms with Crippen molar-refractivity contribution in [3.63, 3.8) is 0 Å². The summed E-state index contributed by atoms with van der Waals surface area (Å²) in [6.45, 7) is -0.414. The maximum absolute atomic E-state index is 13.0. The van der Waals surface area contributed by atoms with Gasteiger partial charge in [-0.15, -0.1) is 0 Å². The molecule has 134 valence electrons. The first-order valence-electron chi connectivity index (χ1n) is 7.62. The second-order valence-corrected chi connectivity index (χ2v) is 6.27. The number of nitrogens with one attached hydrogen (secondary N) is 1. The summed E-state index contributed by atoms with van der Waals surface area (Å²) in [7, 11) is 0. The van der Waals surface area contributed by atoms with E-state index in [4.69, 9.17) is 4.74 Å². The van der Waals surface area contributed by atoms with Crippen LogP contribution in [0.15, 0.2) is 65.1 Å². The average Bonchev–Trinajstić information content (AvgIpc) is 2.61. The van der Waals surface area contributed by atoms with Crippen molar-refractivity contribution in [2.75, 3.05) is 11.9 Å². The molecule has 3 rings (SSSR count). The number of hydrogen-bond acceptors (Lipinski definition) is 2. The molecule has 0 aliphatic carbocycles. The van der Waals surface area contributed by atoms with Gasteiger partial charge >= 0.3 is 6.18 Å². The topological polar surface area (TPSA) is 38.3 Å². The first-order valence-corrected chi connectivity index (χ1v) is 8.41. The van der Waals surface area contributed by atoms with E-state index in [1.807, 2.05) is 30.3 Å². The number of ether oxygens (including phenoxy) is 1. The Morgan fingerprint density at radius 3 is 2.46 bits per heavy atom. The summed E-state index contributed by atoms with van der Waals surface area (Å²) in [6.07, 6.45) is -4.55. The zero-order valence-electron chi connectivity index (χ0n) is 13.3. The van der Waals surface area contributed by atoms with Gasteiger partial charge in [0.25, 0.3) is 5.91 Å². The van der Waals surface area contributed by atoms with E-state index in [9.17, 15) is 18.0 Å². The lowest BCUT2D eigenvalue weighted by Gasteiger charge is -2.14. The van der Waals surface area contributed by atoms with Crippen LogP contribution in [0.1, 0.15) is 5.56 Å². The third kappa shape index (κ3) is 3.99. The van der Waals surface area contributed by atoms with Gasteiger partial charge in [-0.1, -0.05) is 42.5 Å². The quantitative estimate of drug-likeness (QED) is 0.589. The molecule has 0 aliphatic heterocycles. The molecule has 3 aromatic rings. The lowest BCUT2D eigenvalue weighted by molar-refractivity contribution is -0.137. The van der Waals surface area contributed by atoms with Crippen molar-refractivity contribution in [1.82, 2.24) is 0 Å². The zero-order valence-corrected chi connectivity index (χ0v) is 14.9. The normalized spacial score (nSPS) is 11.4. The predicted molar refractivity (Wildman–Crippen MR) is 97.2 cm³/mol. The largest absolute Gasteiger partial charge is 0.483 e. The van der Waals surface area contributed by atoms with E-state index >= 15 is 0 Å². The van der Waals surface area contributed by atoms with Crippen molar-refractivity contribution in [2.24, 2.45) is 0 Å². The highest BCUT2D eigenvalue weighted by Gasteiger charge is 2.33. The number of para-hydroxylation sites is 1. The summed E-state index contributed by atoms with van der Waals surface area (Å²) in [4.78, 5) is 12.0. The van der Waals surface area contributed by atoms with E-state index < -0.39 is 24.3 Å². The Balaban J connectivity index is 1.72. The molecule has 0 radical (unpaired) electrons. The number of hydrogen-bond donors (Lipinski definition) is 1. The van der Waals surface area contributed by atoms with Gasteiger partial charge in [-0.3, -0.25) is 4.79 Å².